The molecule has 1 aliphatic rings. The molecule has 0 atom stereocenters. The number of hydrogen-bond acceptors (Lipinski definition) is 7. The van der Waals surface area contributed by atoms with Gasteiger partial charge in [0.25, 0.3) is 5.91 Å². The van der Waals surface area contributed by atoms with Crippen LogP contribution in [-0.2, 0) is 4.79 Å². The van der Waals surface area contributed by atoms with E-state index in [1.807, 2.05) is 30.3 Å². The minimum Gasteiger partial charge on any atom is -0.507 e. The highest BCUT2D eigenvalue weighted by Crippen LogP contribution is 2.48. The summed E-state index contributed by atoms with van der Waals surface area (Å²) in [7, 11) is 1.52. The van der Waals surface area contributed by atoms with E-state index in [0.29, 0.717) is 22.6 Å². The van der Waals surface area contributed by atoms with Crippen LogP contribution in [0.3, 0.4) is 0 Å². The van der Waals surface area contributed by atoms with E-state index in [9.17, 15) is 14.7 Å². The molecule has 1 amide bonds. The van der Waals surface area contributed by atoms with Crippen LogP contribution in [0.4, 0.5) is 11.4 Å². The number of anilines is 2. The van der Waals surface area contributed by atoms with Gasteiger partial charge in [0.2, 0.25) is 0 Å². The minimum absolute atomic E-state index is 0.0221. The molecule has 3 aromatic rings. The summed E-state index contributed by atoms with van der Waals surface area (Å²) < 4.78 is 5.06. The molecule has 2 N–H and O–H groups in total. The van der Waals surface area contributed by atoms with Crippen molar-refractivity contribution in [3.05, 3.63) is 71.8 Å². The lowest BCUT2D eigenvalue weighted by Crippen LogP contribution is -2.35. The molecule has 162 valence electrons. The molecule has 8 heteroatoms. The fraction of sp³-hybridized carbons (Fsp3) is 0.125. The van der Waals surface area contributed by atoms with Crippen LogP contribution in [0.2, 0.25) is 0 Å². The number of amides is 1. The van der Waals surface area contributed by atoms with Crippen LogP contribution in [-0.4, -0.2) is 36.7 Å². The highest BCUT2D eigenvalue weighted by atomic mass is 32.2. The Balaban J connectivity index is 1.55. The van der Waals surface area contributed by atoms with Crippen LogP contribution in [0, 0.1) is 0 Å². The van der Waals surface area contributed by atoms with Crippen molar-refractivity contribution in [1.29, 1.82) is 0 Å². The first-order valence-corrected chi connectivity index (χ1v) is 10.7. The second-order valence-electron chi connectivity index (χ2n) is 7.06. The Hall–Kier alpha value is -3.78. The van der Waals surface area contributed by atoms with Crippen molar-refractivity contribution in [2.75, 3.05) is 18.6 Å². The van der Waals surface area contributed by atoms with Gasteiger partial charge in [-0.15, -0.1) is 0 Å². The molecule has 7 nitrogen and oxygen atoms in total. The molecular formula is C24H21N3O4S. The Morgan fingerprint density at radius 3 is 2.62 bits per heavy atom. The molecule has 4 rings (SSSR count). The number of carbonyl (C=O) groups excluding carboxylic acids is 2. The first-order chi connectivity index (χ1) is 15.5. The van der Waals surface area contributed by atoms with E-state index in [2.05, 4.69) is 10.5 Å². The lowest BCUT2D eigenvalue weighted by Gasteiger charge is -2.31. The summed E-state index contributed by atoms with van der Waals surface area (Å²) in [5, 5.41) is 14.1. The summed E-state index contributed by atoms with van der Waals surface area (Å²) in [5.41, 5.74) is 5.21. The lowest BCUT2D eigenvalue weighted by atomic mass is 10.1. The Morgan fingerprint density at radius 1 is 1.09 bits per heavy atom. The number of nitrogens with one attached hydrogen (secondary N) is 1. The largest absolute Gasteiger partial charge is 0.507 e. The topological polar surface area (TPSA) is 91.2 Å². The number of hydrazone groups is 1. The number of ether oxygens (including phenoxy) is 1. The van der Waals surface area contributed by atoms with E-state index in [4.69, 9.17) is 4.74 Å². The highest BCUT2D eigenvalue weighted by molar-refractivity contribution is 7.99. The molecule has 32 heavy (non-hydrogen) atoms. The number of para-hydroxylation sites is 1. The number of phenolic OH excluding ortho intramolecular Hbond substituents is 1. The maximum atomic E-state index is 13.2. The van der Waals surface area contributed by atoms with Gasteiger partial charge in [-0.1, -0.05) is 30.0 Å². The SMILES string of the molecule is COc1ccc(/C=N/NCC(=O)N2c3ccccc3Sc3ccc(C(C)=O)cc32)c(O)c1. The van der Waals surface area contributed by atoms with E-state index < -0.39 is 0 Å². The van der Waals surface area contributed by atoms with Crippen LogP contribution in [0.25, 0.3) is 0 Å². The Kier molecular flexibility index (Phi) is 6.13. The number of aromatic hydroxyl groups is 1. The predicted molar refractivity (Wildman–Crippen MR) is 124 cm³/mol. The molecule has 3 aromatic carbocycles. The van der Waals surface area contributed by atoms with Crippen LogP contribution >= 0.6 is 11.8 Å². The van der Waals surface area contributed by atoms with Crippen LogP contribution < -0.4 is 15.1 Å². The fourth-order valence-corrected chi connectivity index (χ4v) is 4.35. The molecule has 0 saturated heterocycles. The van der Waals surface area contributed by atoms with E-state index in [-0.39, 0.29) is 24.0 Å². The molecule has 1 aliphatic heterocycles. The third-order valence-corrected chi connectivity index (χ3v) is 6.07. The zero-order valence-electron chi connectivity index (χ0n) is 17.5. The molecule has 1 heterocycles. The average Bonchev–Trinajstić information content (AvgIpc) is 2.80. The summed E-state index contributed by atoms with van der Waals surface area (Å²) in [6.45, 7) is 1.43. The van der Waals surface area contributed by atoms with Crippen LogP contribution in [0.5, 0.6) is 11.5 Å². The van der Waals surface area contributed by atoms with Gasteiger partial charge in [0, 0.05) is 27.0 Å². The van der Waals surface area contributed by atoms with Crippen molar-refractivity contribution < 1.29 is 19.4 Å². The number of Topliss-reactive ketones (excluding diaryl/α,β-unsaturated/α-hetero) is 1. The Bertz CT molecular complexity index is 1230. The Morgan fingerprint density at radius 2 is 1.88 bits per heavy atom. The minimum atomic E-state index is -0.226. The standard InChI is InChI=1S/C24H21N3O4S/c1-15(28)16-8-10-23-20(11-16)27(19-5-3-4-6-22(19)32-23)24(30)14-26-25-13-17-7-9-18(31-2)12-21(17)29/h3-13,26,29H,14H2,1-2H3/b25-13+. The molecule has 0 aliphatic carbocycles. The first kappa shape index (κ1) is 21.5. The second-order valence-corrected chi connectivity index (χ2v) is 8.14. The number of hydrogen-bond donors (Lipinski definition) is 2. The van der Waals surface area contributed by atoms with Gasteiger partial charge in [-0.2, -0.15) is 5.10 Å². The van der Waals surface area contributed by atoms with Crippen molar-refractivity contribution in [2.24, 2.45) is 5.10 Å². The Labute approximate surface area is 189 Å². The third kappa shape index (κ3) is 4.31. The van der Waals surface area contributed by atoms with Gasteiger partial charge in [0.05, 0.1) is 24.7 Å². The highest BCUT2D eigenvalue weighted by Gasteiger charge is 2.28. The van der Waals surface area contributed by atoms with Gasteiger partial charge in [-0.3, -0.25) is 14.5 Å². The van der Waals surface area contributed by atoms with Crippen molar-refractivity contribution in [3.8, 4) is 11.5 Å². The maximum absolute atomic E-state index is 13.2. The van der Waals surface area contributed by atoms with Crippen molar-refractivity contribution in [1.82, 2.24) is 5.43 Å². The molecular weight excluding hydrogens is 426 g/mol. The van der Waals surface area contributed by atoms with E-state index >= 15 is 0 Å². The van der Waals surface area contributed by atoms with Crippen molar-refractivity contribution in [2.45, 2.75) is 16.7 Å². The van der Waals surface area contributed by atoms with Gasteiger partial charge in [-0.05, 0) is 43.3 Å². The van der Waals surface area contributed by atoms with Gasteiger partial charge in [0.1, 0.15) is 18.0 Å². The predicted octanol–water partition coefficient (Wildman–Crippen LogP) is 4.36. The molecule has 0 bridgehead atoms. The number of carbonyl (C=O) groups is 2. The van der Waals surface area contributed by atoms with Gasteiger partial charge < -0.3 is 15.3 Å². The molecule has 0 aromatic heterocycles. The van der Waals surface area contributed by atoms with E-state index in [1.54, 1.807) is 40.9 Å². The average molecular weight is 448 g/mol. The molecule has 0 unspecified atom stereocenters. The monoisotopic (exact) mass is 447 g/mol. The van der Waals surface area contributed by atoms with E-state index in [0.717, 1.165) is 15.5 Å². The first-order valence-electron chi connectivity index (χ1n) is 9.85. The number of methoxy groups -OCH3 is 1. The zero-order chi connectivity index (χ0) is 22.7. The molecule has 0 spiro atoms. The summed E-state index contributed by atoms with van der Waals surface area (Å²) >= 11 is 1.56. The lowest BCUT2D eigenvalue weighted by molar-refractivity contribution is -0.117. The molecule has 0 saturated carbocycles. The summed E-state index contributed by atoms with van der Waals surface area (Å²) in [5.74, 6) is 0.267. The molecule has 0 radical (unpaired) electrons. The summed E-state index contributed by atoms with van der Waals surface area (Å²) in [6.07, 6.45) is 1.43. The smallest absolute Gasteiger partial charge is 0.252 e. The van der Waals surface area contributed by atoms with Crippen LogP contribution in [0.15, 0.2) is 75.6 Å². The van der Waals surface area contributed by atoms with E-state index in [1.165, 1.54) is 26.3 Å². The fourth-order valence-electron chi connectivity index (χ4n) is 3.31. The van der Waals surface area contributed by atoms with Crippen molar-refractivity contribution in [3.63, 3.8) is 0 Å². The molecule has 0 fully saturated rings. The number of nitrogens with zero attached hydrogens (tertiary/aromatic N) is 2. The normalized spacial score (nSPS) is 12.2. The number of benzene rings is 3. The number of rotatable bonds is 6. The quantitative estimate of drug-likeness (QED) is 0.332. The van der Waals surface area contributed by atoms with Gasteiger partial charge in [-0.25, -0.2) is 0 Å². The third-order valence-electron chi connectivity index (χ3n) is 4.94. The number of ketones is 1. The van der Waals surface area contributed by atoms with Gasteiger partial charge >= 0.3 is 0 Å². The summed E-state index contributed by atoms with van der Waals surface area (Å²) in [6, 6.07) is 17.9. The summed E-state index contributed by atoms with van der Waals surface area (Å²) in [4.78, 5) is 28.6. The maximum Gasteiger partial charge on any atom is 0.252 e. The second kappa shape index (κ2) is 9.15. The zero-order valence-corrected chi connectivity index (χ0v) is 18.3. The van der Waals surface area contributed by atoms with Crippen molar-refractivity contribution >= 4 is 41.0 Å². The number of fused-ring (bicyclic) bond motifs is 2. The van der Waals surface area contributed by atoms with Crippen LogP contribution in [0.1, 0.15) is 22.8 Å². The number of phenols is 1. The van der Waals surface area contributed by atoms with Gasteiger partial charge in [0.15, 0.2) is 5.78 Å².